The Kier molecular flexibility index (Phi) is 4.85. The molecule has 0 aliphatic rings. The fourth-order valence-electron chi connectivity index (χ4n) is 3.23. The Hall–Kier alpha value is -4.54. The molecule has 0 aliphatic heterocycles. The van der Waals surface area contributed by atoms with Crippen molar-refractivity contribution in [2.24, 2.45) is 0 Å². The molecule has 0 aliphatic carbocycles. The monoisotopic (exact) mass is 450 g/mol. The predicted molar refractivity (Wildman–Crippen MR) is 114 cm³/mol. The lowest BCUT2D eigenvalue weighted by atomic mass is 10.2. The number of para-hydroxylation sites is 1. The first-order chi connectivity index (χ1) is 15.9. The molecule has 0 amide bonds. The third kappa shape index (κ3) is 4.15. The van der Waals surface area contributed by atoms with Crippen LogP contribution in [0.15, 0.2) is 77.7 Å². The lowest BCUT2D eigenvalue weighted by Gasteiger charge is -2.08. The number of aromatic nitrogens is 5. The van der Waals surface area contributed by atoms with Crippen molar-refractivity contribution in [1.29, 1.82) is 0 Å². The number of nitrogens with one attached hydrogen (secondary N) is 1. The fraction of sp³-hybridized carbons (Fsp3) is 0.0455. The van der Waals surface area contributed by atoms with E-state index in [1.54, 1.807) is 24.3 Å². The molecule has 11 heteroatoms. The zero-order chi connectivity index (χ0) is 23.0. The summed E-state index contributed by atoms with van der Waals surface area (Å²) in [5, 5.41) is 8.14. The van der Waals surface area contributed by atoms with Gasteiger partial charge in [0.15, 0.2) is 11.5 Å². The van der Waals surface area contributed by atoms with Crippen LogP contribution in [0, 0.1) is 0 Å². The van der Waals surface area contributed by atoms with Crippen LogP contribution in [0.1, 0.15) is 0 Å². The SMILES string of the molecule is O=c1nccccc1Nc1nc2ccccc2c2nc(-c3ccc(OC(F)(F)F)cc3)nn12. The fourth-order valence-corrected chi connectivity index (χ4v) is 3.23. The molecule has 5 aromatic rings. The molecule has 0 bridgehead atoms. The average molecular weight is 450 g/mol. The summed E-state index contributed by atoms with van der Waals surface area (Å²) < 4.78 is 42.7. The maximum atomic E-state index is 12.4. The van der Waals surface area contributed by atoms with Gasteiger partial charge in [0.2, 0.25) is 5.95 Å². The average Bonchev–Trinajstić information content (AvgIpc) is 3.13. The van der Waals surface area contributed by atoms with Gasteiger partial charge in [-0.25, -0.2) is 15.0 Å². The molecule has 1 N–H and O–H groups in total. The van der Waals surface area contributed by atoms with E-state index in [1.165, 1.54) is 35.0 Å². The number of nitrogens with zero attached hydrogens (tertiary/aromatic N) is 5. The molecule has 0 atom stereocenters. The lowest BCUT2D eigenvalue weighted by Crippen LogP contribution is -2.16. The highest BCUT2D eigenvalue weighted by atomic mass is 19.4. The first kappa shape index (κ1) is 20.4. The highest BCUT2D eigenvalue weighted by molar-refractivity contribution is 5.93. The maximum Gasteiger partial charge on any atom is 0.573 e. The minimum absolute atomic E-state index is 0.190. The van der Waals surface area contributed by atoms with Crippen LogP contribution in [-0.4, -0.2) is 30.9 Å². The van der Waals surface area contributed by atoms with E-state index in [0.29, 0.717) is 22.1 Å². The van der Waals surface area contributed by atoms with Gasteiger partial charge in [0, 0.05) is 17.1 Å². The number of hydrogen-bond acceptors (Lipinski definition) is 7. The molecule has 0 spiro atoms. The third-order valence-corrected chi connectivity index (χ3v) is 4.65. The van der Waals surface area contributed by atoms with E-state index in [4.69, 9.17) is 0 Å². The Morgan fingerprint density at radius 1 is 0.909 bits per heavy atom. The molecule has 33 heavy (non-hydrogen) atoms. The number of benzene rings is 2. The summed E-state index contributed by atoms with van der Waals surface area (Å²) in [6.07, 6.45) is -3.39. The maximum absolute atomic E-state index is 12.4. The summed E-state index contributed by atoms with van der Waals surface area (Å²) in [6.45, 7) is 0. The summed E-state index contributed by atoms with van der Waals surface area (Å²) in [5.41, 5.74) is 1.24. The second kappa shape index (κ2) is 7.86. The Balaban J connectivity index is 1.63. The van der Waals surface area contributed by atoms with E-state index >= 15 is 0 Å². The molecule has 0 saturated carbocycles. The largest absolute Gasteiger partial charge is 0.573 e. The molecule has 2 aromatic carbocycles. The van der Waals surface area contributed by atoms with Gasteiger partial charge < -0.3 is 10.1 Å². The topological polar surface area (TPSA) is 94.3 Å². The molecule has 0 unspecified atom stereocenters. The Labute approximate surface area is 183 Å². The van der Waals surface area contributed by atoms with Gasteiger partial charge in [-0.1, -0.05) is 18.2 Å². The van der Waals surface area contributed by atoms with E-state index in [-0.39, 0.29) is 23.2 Å². The van der Waals surface area contributed by atoms with E-state index in [2.05, 4.69) is 30.1 Å². The second-order valence-electron chi connectivity index (χ2n) is 6.87. The number of anilines is 2. The highest BCUT2D eigenvalue weighted by Crippen LogP contribution is 2.28. The Morgan fingerprint density at radius 2 is 1.67 bits per heavy atom. The molecule has 3 heterocycles. The van der Waals surface area contributed by atoms with Crippen molar-refractivity contribution in [1.82, 2.24) is 24.6 Å². The quantitative estimate of drug-likeness (QED) is 0.435. The number of ether oxygens (including phenoxy) is 1. The normalized spacial score (nSPS) is 11.6. The minimum atomic E-state index is -4.78. The first-order valence-electron chi connectivity index (χ1n) is 9.61. The third-order valence-electron chi connectivity index (χ3n) is 4.65. The van der Waals surface area contributed by atoms with Crippen LogP contribution in [0.25, 0.3) is 27.9 Å². The standard InChI is InChI=1S/C22H13F3N6O2/c23-22(24,25)33-14-10-8-13(9-11-14)18-29-19-15-5-1-2-6-16(15)27-21(31(19)30-18)28-17-7-3-4-12-26-20(17)32/h1-12H,(H,26,27,28,32). The van der Waals surface area contributed by atoms with Crippen LogP contribution in [0.5, 0.6) is 5.75 Å². The van der Waals surface area contributed by atoms with Crippen molar-refractivity contribution in [3.8, 4) is 17.1 Å². The number of fused-ring (bicyclic) bond motifs is 3. The number of rotatable bonds is 4. The summed E-state index contributed by atoms with van der Waals surface area (Å²) in [6, 6.07) is 17.3. The van der Waals surface area contributed by atoms with Crippen molar-refractivity contribution < 1.29 is 17.9 Å². The molecular weight excluding hydrogens is 437 g/mol. The summed E-state index contributed by atoms with van der Waals surface area (Å²) in [5.74, 6) is 0.135. The van der Waals surface area contributed by atoms with Crippen molar-refractivity contribution in [3.63, 3.8) is 0 Å². The summed E-state index contributed by atoms with van der Waals surface area (Å²) in [7, 11) is 0. The van der Waals surface area contributed by atoms with Crippen LogP contribution in [-0.2, 0) is 0 Å². The van der Waals surface area contributed by atoms with Gasteiger partial charge in [-0.3, -0.25) is 4.79 Å². The van der Waals surface area contributed by atoms with Gasteiger partial charge >= 0.3 is 6.36 Å². The Bertz CT molecular complexity index is 1530. The van der Waals surface area contributed by atoms with Crippen LogP contribution in [0.3, 0.4) is 0 Å². The minimum Gasteiger partial charge on any atom is -0.406 e. The van der Waals surface area contributed by atoms with Crippen molar-refractivity contribution in [2.45, 2.75) is 6.36 Å². The lowest BCUT2D eigenvalue weighted by molar-refractivity contribution is -0.274. The van der Waals surface area contributed by atoms with Gasteiger partial charge in [-0.15, -0.1) is 18.3 Å². The number of hydrogen-bond donors (Lipinski definition) is 1. The van der Waals surface area contributed by atoms with Crippen molar-refractivity contribution in [3.05, 3.63) is 83.3 Å². The van der Waals surface area contributed by atoms with Gasteiger partial charge in [0.1, 0.15) is 11.4 Å². The molecule has 3 aromatic heterocycles. The van der Waals surface area contributed by atoms with Gasteiger partial charge in [-0.05, 0) is 48.5 Å². The summed E-state index contributed by atoms with van der Waals surface area (Å²) in [4.78, 5) is 25.2. The van der Waals surface area contributed by atoms with Crippen LogP contribution in [0.4, 0.5) is 24.8 Å². The second-order valence-corrected chi connectivity index (χ2v) is 6.87. The highest BCUT2D eigenvalue weighted by Gasteiger charge is 2.31. The molecule has 8 nitrogen and oxygen atoms in total. The molecule has 0 saturated heterocycles. The van der Waals surface area contributed by atoms with Crippen LogP contribution in [0.2, 0.25) is 0 Å². The first-order valence-corrected chi connectivity index (χ1v) is 9.61. The smallest absolute Gasteiger partial charge is 0.406 e. The van der Waals surface area contributed by atoms with Crippen molar-refractivity contribution >= 4 is 28.2 Å². The predicted octanol–water partition coefficient (Wildman–Crippen LogP) is 4.34. The molecular formula is C22H13F3N6O2. The van der Waals surface area contributed by atoms with E-state index < -0.39 is 11.9 Å². The van der Waals surface area contributed by atoms with Crippen LogP contribution < -0.4 is 15.6 Å². The number of halogens is 3. The van der Waals surface area contributed by atoms with E-state index in [1.807, 2.05) is 18.2 Å². The number of alkyl halides is 3. The zero-order valence-electron chi connectivity index (χ0n) is 16.6. The zero-order valence-corrected chi connectivity index (χ0v) is 16.6. The Morgan fingerprint density at radius 3 is 2.45 bits per heavy atom. The van der Waals surface area contributed by atoms with Gasteiger partial charge in [0.05, 0.1) is 5.52 Å². The van der Waals surface area contributed by atoms with E-state index in [0.717, 1.165) is 0 Å². The van der Waals surface area contributed by atoms with Gasteiger partial charge in [-0.2, -0.15) is 4.52 Å². The van der Waals surface area contributed by atoms with E-state index in [9.17, 15) is 18.0 Å². The van der Waals surface area contributed by atoms with Gasteiger partial charge in [0.25, 0.3) is 5.56 Å². The molecule has 0 radical (unpaired) electrons. The molecule has 5 rings (SSSR count). The molecule has 0 fully saturated rings. The van der Waals surface area contributed by atoms with Crippen LogP contribution >= 0.6 is 0 Å². The van der Waals surface area contributed by atoms with Crippen molar-refractivity contribution in [2.75, 3.05) is 5.32 Å². The molecule has 164 valence electrons. The summed E-state index contributed by atoms with van der Waals surface area (Å²) >= 11 is 0.